The van der Waals surface area contributed by atoms with Gasteiger partial charge in [-0.15, -0.1) is 12.4 Å². The maximum Gasteiger partial charge on any atom is 0.169 e. The van der Waals surface area contributed by atoms with Crippen molar-refractivity contribution in [3.8, 4) is 0 Å². The van der Waals surface area contributed by atoms with E-state index in [-0.39, 0.29) is 12.4 Å². The van der Waals surface area contributed by atoms with Gasteiger partial charge in [0, 0.05) is 6.42 Å². The molecule has 10 heavy (non-hydrogen) atoms. The Bertz CT molecular complexity index is 190. The van der Waals surface area contributed by atoms with E-state index in [2.05, 4.69) is 15.9 Å². The Morgan fingerprint density at radius 1 is 1.50 bits per heavy atom. The molecule has 0 unspecified atom stereocenters. The molecule has 1 heterocycles. The Labute approximate surface area is 74.3 Å². The molecule has 0 aromatic carbocycles. The van der Waals surface area contributed by atoms with Crippen molar-refractivity contribution >= 4 is 28.3 Å². The fourth-order valence-electron chi connectivity index (χ4n) is 0.628. The van der Waals surface area contributed by atoms with Crippen molar-refractivity contribution in [2.75, 3.05) is 6.54 Å². The SMILES string of the molecule is Cl.NCCc1ccc(Br)o1. The third-order valence-electron chi connectivity index (χ3n) is 1.02. The monoisotopic (exact) mass is 225 g/mol. The summed E-state index contributed by atoms with van der Waals surface area (Å²) in [7, 11) is 0. The molecule has 0 spiro atoms. The minimum atomic E-state index is 0. The summed E-state index contributed by atoms with van der Waals surface area (Å²) in [6.07, 6.45) is 0.811. The first kappa shape index (κ1) is 10.0. The van der Waals surface area contributed by atoms with Gasteiger partial charge in [-0.25, -0.2) is 0 Å². The van der Waals surface area contributed by atoms with Gasteiger partial charge in [-0.05, 0) is 34.6 Å². The van der Waals surface area contributed by atoms with E-state index >= 15 is 0 Å². The van der Waals surface area contributed by atoms with Crippen LogP contribution in [0.5, 0.6) is 0 Å². The first-order valence-corrected chi connectivity index (χ1v) is 3.56. The lowest BCUT2D eigenvalue weighted by atomic mass is 10.3. The summed E-state index contributed by atoms with van der Waals surface area (Å²) in [5.74, 6) is 0.935. The largest absolute Gasteiger partial charge is 0.454 e. The van der Waals surface area contributed by atoms with Crippen LogP contribution in [0.25, 0.3) is 0 Å². The van der Waals surface area contributed by atoms with Crippen LogP contribution in [-0.2, 0) is 6.42 Å². The third kappa shape index (κ3) is 2.73. The van der Waals surface area contributed by atoms with Gasteiger partial charge in [-0.3, -0.25) is 0 Å². The Hall–Kier alpha value is 0.01000. The van der Waals surface area contributed by atoms with Gasteiger partial charge in [0.15, 0.2) is 4.67 Å². The van der Waals surface area contributed by atoms with Crippen molar-refractivity contribution in [3.05, 3.63) is 22.6 Å². The molecule has 0 aliphatic rings. The summed E-state index contributed by atoms with van der Waals surface area (Å²) < 4.78 is 5.93. The van der Waals surface area contributed by atoms with E-state index in [1.165, 1.54) is 0 Å². The van der Waals surface area contributed by atoms with Crippen LogP contribution in [0.3, 0.4) is 0 Å². The molecular weight excluding hydrogens is 217 g/mol. The normalized spacial score (nSPS) is 9.00. The van der Waals surface area contributed by atoms with Crippen LogP contribution in [0.1, 0.15) is 5.76 Å². The second kappa shape index (κ2) is 4.77. The van der Waals surface area contributed by atoms with E-state index in [1.54, 1.807) is 0 Å². The summed E-state index contributed by atoms with van der Waals surface area (Å²) >= 11 is 3.19. The van der Waals surface area contributed by atoms with E-state index in [4.69, 9.17) is 10.2 Å². The molecule has 1 aromatic rings. The maximum atomic E-state index is 5.29. The van der Waals surface area contributed by atoms with Crippen molar-refractivity contribution in [1.82, 2.24) is 0 Å². The van der Waals surface area contributed by atoms with Crippen LogP contribution in [-0.4, -0.2) is 6.54 Å². The molecule has 4 heteroatoms. The van der Waals surface area contributed by atoms with Crippen molar-refractivity contribution in [2.45, 2.75) is 6.42 Å². The van der Waals surface area contributed by atoms with Crippen LogP contribution < -0.4 is 5.73 Å². The standard InChI is InChI=1S/C6H8BrNO.ClH/c7-6-2-1-5(9-6)3-4-8;/h1-2H,3-4,8H2;1H. The van der Waals surface area contributed by atoms with Gasteiger partial charge in [-0.1, -0.05) is 0 Å². The average Bonchev–Trinajstić information content (AvgIpc) is 2.17. The molecule has 2 nitrogen and oxygen atoms in total. The number of hydrogen-bond donors (Lipinski definition) is 1. The Balaban J connectivity index is 0.000000810. The minimum Gasteiger partial charge on any atom is -0.454 e. The molecule has 0 atom stereocenters. The molecule has 1 rings (SSSR count). The first-order valence-electron chi connectivity index (χ1n) is 2.77. The predicted octanol–water partition coefficient (Wildman–Crippen LogP) is 1.97. The highest BCUT2D eigenvalue weighted by Crippen LogP contribution is 2.13. The molecule has 0 bridgehead atoms. The van der Waals surface area contributed by atoms with Crippen LogP contribution in [0.2, 0.25) is 0 Å². The van der Waals surface area contributed by atoms with E-state index < -0.39 is 0 Å². The van der Waals surface area contributed by atoms with Gasteiger partial charge in [0.05, 0.1) is 0 Å². The van der Waals surface area contributed by atoms with Gasteiger partial charge < -0.3 is 10.2 Å². The smallest absolute Gasteiger partial charge is 0.169 e. The number of hydrogen-bond acceptors (Lipinski definition) is 2. The summed E-state index contributed by atoms with van der Waals surface area (Å²) in [4.78, 5) is 0. The molecule has 0 aliphatic heterocycles. The predicted molar refractivity (Wildman–Crippen MR) is 46.4 cm³/mol. The second-order valence-electron chi connectivity index (χ2n) is 1.74. The molecule has 0 radical (unpaired) electrons. The van der Waals surface area contributed by atoms with Crippen LogP contribution in [0.15, 0.2) is 21.2 Å². The molecule has 1 aromatic heterocycles. The van der Waals surface area contributed by atoms with Crippen molar-refractivity contribution in [3.63, 3.8) is 0 Å². The molecule has 0 fully saturated rings. The second-order valence-corrected chi connectivity index (χ2v) is 2.53. The molecule has 0 amide bonds. The zero-order valence-electron chi connectivity index (χ0n) is 5.34. The quantitative estimate of drug-likeness (QED) is 0.837. The minimum absolute atomic E-state index is 0. The number of halogens is 2. The molecular formula is C6H9BrClNO. The fourth-order valence-corrected chi connectivity index (χ4v) is 0.968. The van der Waals surface area contributed by atoms with E-state index in [0.717, 1.165) is 16.9 Å². The molecule has 2 N–H and O–H groups in total. The van der Waals surface area contributed by atoms with Gasteiger partial charge in [0.2, 0.25) is 0 Å². The van der Waals surface area contributed by atoms with E-state index in [1.807, 2.05) is 12.1 Å². The molecule has 0 saturated carbocycles. The number of furan rings is 1. The highest BCUT2D eigenvalue weighted by Gasteiger charge is 1.95. The summed E-state index contributed by atoms with van der Waals surface area (Å²) in [6, 6.07) is 3.78. The lowest BCUT2D eigenvalue weighted by Crippen LogP contribution is -2.01. The van der Waals surface area contributed by atoms with Crippen molar-refractivity contribution in [1.29, 1.82) is 0 Å². The third-order valence-corrected chi connectivity index (χ3v) is 1.45. The highest BCUT2D eigenvalue weighted by molar-refractivity contribution is 9.10. The van der Waals surface area contributed by atoms with Crippen molar-refractivity contribution in [2.24, 2.45) is 5.73 Å². The van der Waals surface area contributed by atoms with Gasteiger partial charge in [-0.2, -0.15) is 0 Å². The lowest BCUT2D eigenvalue weighted by Gasteiger charge is -1.87. The van der Waals surface area contributed by atoms with Gasteiger partial charge in [0.1, 0.15) is 5.76 Å². The number of rotatable bonds is 2. The maximum absolute atomic E-state index is 5.29. The first-order chi connectivity index (χ1) is 4.33. The molecule has 0 saturated heterocycles. The van der Waals surface area contributed by atoms with Crippen LogP contribution in [0.4, 0.5) is 0 Å². The van der Waals surface area contributed by atoms with Crippen molar-refractivity contribution < 1.29 is 4.42 Å². The molecule has 58 valence electrons. The zero-order chi connectivity index (χ0) is 6.69. The fraction of sp³-hybridized carbons (Fsp3) is 0.333. The molecule has 0 aliphatic carbocycles. The average molecular weight is 227 g/mol. The van der Waals surface area contributed by atoms with Gasteiger partial charge in [0.25, 0.3) is 0 Å². The van der Waals surface area contributed by atoms with E-state index in [0.29, 0.717) is 6.54 Å². The van der Waals surface area contributed by atoms with Crippen LogP contribution in [0, 0.1) is 0 Å². The highest BCUT2D eigenvalue weighted by atomic mass is 79.9. The summed E-state index contributed by atoms with van der Waals surface area (Å²) in [5, 5.41) is 0. The Morgan fingerprint density at radius 2 is 2.20 bits per heavy atom. The van der Waals surface area contributed by atoms with Gasteiger partial charge >= 0.3 is 0 Å². The Kier molecular flexibility index (Phi) is 4.77. The lowest BCUT2D eigenvalue weighted by molar-refractivity contribution is 0.489. The topological polar surface area (TPSA) is 39.2 Å². The number of nitrogens with two attached hydrogens (primary N) is 1. The van der Waals surface area contributed by atoms with E-state index in [9.17, 15) is 0 Å². The summed E-state index contributed by atoms with van der Waals surface area (Å²) in [6.45, 7) is 0.639. The Morgan fingerprint density at radius 3 is 2.60 bits per heavy atom. The van der Waals surface area contributed by atoms with Crippen LogP contribution >= 0.6 is 28.3 Å². The summed E-state index contributed by atoms with van der Waals surface area (Å²) in [5.41, 5.74) is 5.29. The zero-order valence-corrected chi connectivity index (χ0v) is 7.74.